The summed E-state index contributed by atoms with van der Waals surface area (Å²) in [6, 6.07) is 0. The highest BCUT2D eigenvalue weighted by Gasteiger charge is 1.94. The molecule has 0 heterocycles. The number of hydrogen-bond acceptors (Lipinski definition) is 3. The molecular formula is C22H51N3. The van der Waals surface area contributed by atoms with Crippen LogP contribution < -0.4 is 11.2 Å². The SMILES string of the molecule is CCCCCCCCCCCCCCCCCCN.CCNN(C)C. The van der Waals surface area contributed by atoms with E-state index in [1.165, 1.54) is 103 Å². The van der Waals surface area contributed by atoms with E-state index >= 15 is 0 Å². The van der Waals surface area contributed by atoms with E-state index in [-0.39, 0.29) is 0 Å². The van der Waals surface area contributed by atoms with Crippen molar-refractivity contribution in [3.05, 3.63) is 0 Å². The number of rotatable bonds is 18. The van der Waals surface area contributed by atoms with Crippen LogP contribution in [0.3, 0.4) is 0 Å². The first-order chi connectivity index (χ1) is 12.2. The minimum atomic E-state index is 0.873. The van der Waals surface area contributed by atoms with Gasteiger partial charge >= 0.3 is 0 Å². The molecule has 0 aromatic heterocycles. The summed E-state index contributed by atoms with van der Waals surface area (Å²) in [5.74, 6) is 0. The van der Waals surface area contributed by atoms with Crippen molar-refractivity contribution in [3.8, 4) is 0 Å². The molecule has 0 aliphatic carbocycles. The van der Waals surface area contributed by atoms with Gasteiger partial charge in [-0.1, -0.05) is 110 Å². The van der Waals surface area contributed by atoms with Gasteiger partial charge in [0.05, 0.1) is 0 Å². The molecule has 0 aliphatic heterocycles. The van der Waals surface area contributed by atoms with E-state index in [0.29, 0.717) is 0 Å². The molecule has 0 saturated carbocycles. The van der Waals surface area contributed by atoms with Crippen molar-refractivity contribution >= 4 is 0 Å². The molecule has 0 unspecified atom stereocenters. The number of unbranched alkanes of at least 4 members (excludes halogenated alkanes) is 15. The molecule has 154 valence electrons. The Labute approximate surface area is 160 Å². The molecule has 0 saturated heterocycles. The van der Waals surface area contributed by atoms with Crippen molar-refractivity contribution in [1.29, 1.82) is 0 Å². The Kier molecular flexibility index (Phi) is 28.3. The van der Waals surface area contributed by atoms with Crippen LogP contribution in [0, 0.1) is 0 Å². The van der Waals surface area contributed by atoms with Gasteiger partial charge in [-0.2, -0.15) is 0 Å². The van der Waals surface area contributed by atoms with Gasteiger partial charge in [0.1, 0.15) is 0 Å². The molecule has 0 spiro atoms. The summed E-state index contributed by atoms with van der Waals surface area (Å²) in [5.41, 5.74) is 8.52. The molecule has 0 aromatic carbocycles. The first-order valence-electron chi connectivity index (χ1n) is 11.3. The summed E-state index contributed by atoms with van der Waals surface area (Å²) < 4.78 is 0. The fraction of sp³-hybridized carbons (Fsp3) is 1.00. The summed E-state index contributed by atoms with van der Waals surface area (Å²) in [6.07, 6.45) is 22.9. The first kappa shape index (κ1) is 27.1. The lowest BCUT2D eigenvalue weighted by Crippen LogP contribution is -2.29. The highest BCUT2D eigenvalue weighted by Crippen LogP contribution is 2.13. The van der Waals surface area contributed by atoms with Gasteiger partial charge in [0, 0.05) is 20.6 Å². The van der Waals surface area contributed by atoms with Crippen LogP contribution in [-0.4, -0.2) is 32.2 Å². The average molecular weight is 358 g/mol. The summed E-state index contributed by atoms with van der Waals surface area (Å²) in [4.78, 5) is 0. The average Bonchev–Trinajstić information content (AvgIpc) is 2.59. The smallest absolute Gasteiger partial charge is 0.00735 e. The normalized spacial score (nSPS) is 10.8. The maximum Gasteiger partial charge on any atom is 0.00735 e. The summed E-state index contributed by atoms with van der Waals surface area (Å²) in [7, 11) is 3.95. The largest absolute Gasteiger partial charge is 0.330 e. The van der Waals surface area contributed by atoms with Crippen LogP contribution in [0.4, 0.5) is 0 Å². The van der Waals surface area contributed by atoms with Crippen LogP contribution in [0.15, 0.2) is 0 Å². The third-order valence-electron chi connectivity index (χ3n) is 4.53. The lowest BCUT2D eigenvalue weighted by atomic mass is 10.0. The van der Waals surface area contributed by atoms with Gasteiger partial charge in [-0.25, -0.2) is 0 Å². The van der Waals surface area contributed by atoms with Crippen LogP contribution in [0.5, 0.6) is 0 Å². The number of nitrogens with one attached hydrogen (secondary N) is 1. The molecule has 0 fully saturated rings. The van der Waals surface area contributed by atoms with Gasteiger partial charge in [-0.05, 0) is 13.0 Å². The zero-order valence-corrected chi connectivity index (χ0v) is 18.3. The molecule has 0 radical (unpaired) electrons. The van der Waals surface area contributed by atoms with E-state index in [9.17, 15) is 0 Å². The Morgan fingerprint density at radius 2 is 0.880 bits per heavy atom. The van der Waals surface area contributed by atoms with Gasteiger partial charge in [-0.15, -0.1) is 0 Å². The van der Waals surface area contributed by atoms with E-state index in [2.05, 4.69) is 19.3 Å². The fourth-order valence-electron chi connectivity index (χ4n) is 3.01. The number of hydrogen-bond donors (Lipinski definition) is 2. The standard InChI is InChI=1S/C18H39N.C4H12N2/c1-2-3-4-5-6-7-8-9-10-11-12-13-14-15-16-17-18-19;1-4-5-6(2)3/h2-19H2,1H3;5H,4H2,1-3H3. The zero-order chi connectivity index (χ0) is 19.0. The number of nitrogens with zero attached hydrogens (tertiary/aromatic N) is 1. The van der Waals surface area contributed by atoms with Crippen LogP contribution >= 0.6 is 0 Å². The van der Waals surface area contributed by atoms with Crippen molar-refractivity contribution in [2.24, 2.45) is 5.73 Å². The molecule has 0 bridgehead atoms. The zero-order valence-electron chi connectivity index (χ0n) is 18.3. The molecule has 3 N–H and O–H groups in total. The molecule has 3 heteroatoms. The minimum Gasteiger partial charge on any atom is -0.330 e. The molecular weight excluding hydrogens is 306 g/mol. The predicted octanol–water partition coefficient (Wildman–Crippen LogP) is 6.28. The van der Waals surface area contributed by atoms with Crippen molar-refractivity contribution in [2.45, 2.75) is 117 Å². The van der Waals surface area contributed by atoms with E-state index in [0.717, 1.165) is 13.1 Å². The second-order valence-electron chi connectivity index (χ2n) is 7.50. The third kappa shape index (κ3) is 32.1. The van der Waals surface area contributed by atoms with E-state index in [1.54, 1.807) is 0 Å². The third-order valence-corrected chi connectivity index (χ3v) is 4.53. The van der Waals surface area contributed by atoms with Gasteiger partial charge in [0.15, 0.2) is 0 Å². The van der Waals surface area contributed by atoms with Gasteiger partial charge in [-0.3, -0.25) is 10.4 Å². The first-order valence-corrected chi connectivity index (χ1v) is 11.3. The van der Waals surface area contributed by atoms with Gasteiger partial charge in [0.2, 0.25) is 0 Å². The second kappa shape index (κ2) is 26.1. The number of nitrogens with two attached hydrogens (primary N) is 1. The minimum absolute atomic E-state index is 0.873. The molecule has 0 atom stereocenters. The van der Waals surface area contributed by atoms with Gasteiger partial charge in [0.25, 0.3) is 0 Å². The maximum absolute atomic E-state index is 5.48. The summed E-state index contributed by atoms with van der Waals surface area (Å²) in [5, 5.41) is 1.93. The molecule has 25 heavy (non-hydrogen) atoms. The molecule has 0 rings (SSSR count). The Morgan fingerprint density at radius 1 is 0.560 bits per heavy atom. The molecule has 0 aromatic rings. The van der Waals surface area contributed by atoms with Crippen molar-refractivity contribution in [1.82, 2.24) is 10.4 Å². The Hall–Kier alpha value is -0.120. The van der Waals surface area contributed by atoms with Crippen LogP contribution in [0.2, 0.25) is 0 Å². The number of hydrazine groups is 1. The molecule has 0 aliphatic rings. The van der Waals surface area contributed by atoms with Crippen molar-refractivity contribution < 1.29 is 0 Å². The quantitative estimate of drug-likeness (QED) is 0.224. The maximum atomic E-state index is 5.48. The Balaban J connectivity index is 0. The predicted molar refractivity (Wildman–Crippen MR) is 116 cm³/mol. The van der Waals surface area contributed by atoms with Crippen LogP contribution in [0.25, 0.3) is 0 Å². The second-order valence-corrected chi connectivity index (χ2v) is 7.50. The van der Waals surface area contributed by atoms with E-state index in [4.69, 9.17) is 5.73 Å². The van der Waals surface area contributed by atoms with Gasteiger partial charge < -0.3 is 5.73 Å². The lowest BCUT2D eigenvalue weighted by molar-refractivity contribution is 0.299. The van der Waals surface area contributed by atoms with E-state index < -0.39 is 0 Å². The molecule has 0 amide bonds. The highest BCUT2D eigenvalue weighted by molar-refractivity contribution is 4.50. The summed E-state index contributed by atoms with van der Waals surface area (Å²) >= 11 is 0. The van der Waals surface area contributed by atoms with E-state index in [1.807, 2.05) is 19.1 Å². The lowest BCUT2D eigenvalue weighted by Gasteiger charge is -2.07. The monoisotopic (exact) mass is 357 g/mol. The van der Waals surface area contributed by atoms with Crippen molar-refractivity contribution in [3.63, 3.8) is 0 Å². The topological polar surface area (TPSA) is 41.3 Å². The Bertz CT molecular complexity index is 191. The summed E-state index contributed by atoms with van der Waals surface area (Å²) in [6.45, 7) is 6.24. The van der Waals surface area contributed by atoms with Crippen LogP contribution in [0.1, 0.15) is 117 Å². The fourth-order valence-corrected chi connectivity index (χ4v) is 3.01. The van der Waals surface area contributed by atoms with Crippen molar-refractivity contribution in [2.75, 3.05) is 27.2 Å². The Morgan fingerprint density at radius 3 is 1.08 bits per heavy atom. The highest BCUT2D eigenvalue weighted by atomic mass is 15.5. The van der Waals surface area contributed by atoms with Crippen LogP contribution in [-0.2, 0) is 0 Å². The molecule has 3 nitrogen and oxygen atoms in total.